The van der Waals surface area contributed by atoms with Crippen LogP contribution in [0.5, 0.6) is 0 Å². The summed E-state index contributed by atoms with van der Waals surface area (Å²) >= 11 is 1.61. The maximum Gasteiger partial charge on any atom is 0.318 e. The summed E-state index contributed by atoms with van der Waals surface area (Å²) in [6.45, 7) is 8.83. The van der Waals surface area contributed by atoms with Crippen molar-refractivity contribution >= 4 is 17.4 Å². The maximum atomic E-state index is 11.9. The van der Waals surface area contributed by atoms with Crippen LogP contribution in [-0.4, -0.2) is 40.7 Å². The van der Waals surface area contributed by atoms with Crippen molar-refractivity contribution in [2.45, 2.75) is 26.3 Å². The summed E-state index contributed by atoms with van der Waals surface area (Å²) in [6.07, 6.45) is 1.63. The summed E-state index contributed by atoms with van der Waals surface area (Å²) in [5, 5.41) is 14.7. The van der Waals surface area contributed by atoms with E-state index in [9.17, 15) is 4.79 Å². The van der Waals surface area contributed by atoms with E-state index < -0.39 is 0 Å². The molecular formula is C13H21N3O2S. The highest BCUT2D eigenvalue weighted by molar-refractivity contribution is 7.09. The van der Waals surface area contributed by atoms with Crippen molar-refractivity contribution in [1.29, 1.82) is 0 Å². The molecule has 1 heterocycles. The Balaban J connectivity index is 2.49. The van der Waals surface area contributed by atoms with E-state index in [4.69, 9.17) is 5.11 Å². The molecule has 0 spiro atoms. The first-order valence-electron chi connectivity index (χ1n) is 6.27. The largest absolute Gasteiger partial charge is 0.395 e. The highest BCUT2D eigenvalue weighted by Crippen LogP contribution is 2.18. The minimum absolute atomic E-state index is 0.0601. The average molecular weight is 283 g/mol. The molecule has 1 aromatic heterocycles. The standard InChI is InChI=1S/C13H21N3O2S/c1-4-5-16(6-7-17)13(18)14-8-11-9-19-12(15-11)10(2)3/h4,9-10,17H,1,5-8H2,2-3H3,(H,14,18). The molecule has 6 heteroatoms. The van der Waals surface area contributed by atoms with Gasteiger partial charge in [0.15, 0.2) is 0 Å². The highest BCUT2D eigenvalue weighted by Gasteiger charge is 2.12. The Hall–Kier alpha value is -1.40. The summed E-state index contributed by atoms with van der Waals surface area (Å²) in [4.78, 5) is 17.8. The van der Waals surface area contributed by atoms with Gasteiger partial charge in [0, 0.05) is 24.4 Å². The number of hydrogen-bond acceptors (Lipinski definition) is 4. The van der Waals surface area contributed by atoms with Crippen molar-refractivity contribution in [1.82, 2.24) is 15.2 Å². The number of aromatic nitrogens is 1. The zero-order valence-corrected chi connectivity index (χ0v) is 12.2. The molecule has 0 fully saturated rings. The monoisotopic (exact) mass is 283 g/mol. The van der Waals surface area contributed by atoms with Crippen LogP contribution in [0.3, 0.4) is 0 Å². The molecule has 106 valence electrons. The van der Waals surface area contributed by atoms with Crippen molar-refractivity contribution in [3.63, 3.8) is 0 Å². The van der Waals surface area contributed by atoms with E-state index >= 15 is 0 Å². The number of carbonyl (C=O) groups excluding carboxylic acids is 1. The SMILES string of the molecule is C=CCN(CCO)C(=O)NCc1csc(C(C)C)n1. The molecule has 0 aliphatic carbocycles. The van der Waals surface area contributed by atoms with Gasteiger partial charge in [0.05, 0.1) is 23.9 Å². The molecule has 0 aliphatic heterocycles. The second kappa shape index (κ2) is 7.91. The zero-order chi connectivity index (χ0) is 14.3. The second-order valence-electron chi connectivity index (χ2n) is 4.45. The van der Waals surface area contributed by atoms with Crippen LogP contribution in [0.2, 0.25) is 0 Å². The number of rotatable bonds is 7. The fraction of sp³-hybridized carbons (Fsp3) is 0.538. The Morgan fingerprint density at radius 3 is 2.95 bits per heavy atom. The molecule has 0 radical (unpaired) electrons. The Kier molecular flexibility index (Phi) is 6.52. The number of nitrogens with one attached hydrogen (secondary N) is 1. The number of carbonyl (C=O) groups is 1. The number of amides is 2. The first-order valence-corrected chi connectivity index (χ1v) is 7.15. The smallest absolute Gasteiger partial charge is 0.318 e. The first kappa shape index (κ1) is 15.7. The van der Waals surface area contributed by atoms with Crippen LogP contribution in [0.4, 0.5) is 4.79 Å². The molecule has 0 unspecified atom stereocenters. The molecule has 2 N–H and O–H groups in total. The van der Waals surface area contributed by atoms with Crippen molar-refractivity contribution in [3.8, 4) is 0 Å². The van der Waals surface area contributed by atoms with Crippen molar-refractivity contribution in [3.05, 3.63) is 28.7 Å². The topological polar surface area (TPSA) is 65.5 Å². The normalized spacial score (nSPS) is 10.5. The van der Waals surface area contributed by atoms with Gasteiger partial charge in [0.25, 0.3) is 0 Å². The van der Waals surface area contributed by atoms with E-state index in [1.165, 1.54) is 4.90 Å². The first-order chi connectivity index (χ1) is 9.08. The predicted molar refractivity (Wildman–Crippen MR) is 77.3 cm³/mol. The minimum Gasteiger partial charge on any atom is -0.395 e. The third-order valence-corrected chi connectivity index (χ3v) is 3.68. The number of hydrogen-bond donors (Lipinski definition) is 2. The van der Waals surface area contributed by atoms with Gasteiger partial charge in [0.1, 0.15) is 0 Å². The van der Waals surface area contributed by atoms with E-state index in [-0.39, 0.29) is 12.6 Å². The van der Waals surface area contributed by atoms with Crippen LogP contribution in [0.1, 0.15) is 30.5 Å². The van der Waals surface area contributed by atoms with E-state index in [1.807, 2.05) is 5.38 Å². The molecular weight excluding hydrogens is 262 g/mol. The molecule has 19 heavy (non-hydrogen) atoms. The number of nitrogens with zero attached hydrogens (tertiary/aromatic N) is 2. The second-order valence-corrected chi connectivity index (χ2v) is 5.34. The Morgan fingerprint density at radius 1 is 1.68 bits per heavy atom. The van der Waals surface area contributed by atoms with Crippen LogP contribution in [-0.2, 0) is 6.54 Å². The lowest BCUT2D eigenvalue weighted by atomic mass is 10.2. The Labute approximate surface area is 118 Å². The van der Waals surface area contributed by atoms with Gasteiger partial charge in [0.2, 0.25) is 0 Å². The molecule has 0 saturated heterocycles. The molecule has 0 aromatic carbocycles. The molecule has 0 aliphatic rings. The van der Waals surface area contributed by atoms with Crippen LogP contribution in [0, 0.1) is 0 Å². The minimum atomic E-state index is -0.215. The molecule has 0 saturated carbocycles. The summed E-state index contributed by atoms with van der Waals surface area (Å²) in [6, 6.07) is -0.215. The molecule has 0 bridgehead atoms. The molecule has 1 rings (SSSR count). The maximum absolute atomic E-state index is 11.9. The van der Waals surface area contributed by atoms with Gasteiger partial charge in [-0.2, -0.15) is 0 Å². The molecule has 0 atom stereocenters. The molecule has 5 nitrogen and oxygen atoms in total. The van der Waals surface area contributed by atoms with Crippen LogP contribution in [0.25, 0.3) is 0 Å². The number of aliphatic hydroxyl groups excluding tert-OH is 1. The van der Waals surface area contributed by atoms with E-state index in [0.717, 1.165) is 10.7 Å². The summed E-state index contributed by atoms with van der Waals surface area (Å²) in [7, 11) is 0. The van der Waals surface area contributed by atoms with Crippen LogP contribution >= 0.6 is 11.3 Å². The average Bonchev–Trinajstić information content (AvgIpc) is 2.84. The number of aliphatic hydroxyl groups is 1. The van der Waals surface area contributed by atoms with Gasteiger partial charge in [-0.25, -0.2) is 9.78 Å². The van der Waals surface area contributed by atoms with Crippen molar-refractivity contribution in [2.75, 3.05) is 19.7 Å². The zero-order valence-electron chi connectivity index (χ0n) is 11.4. The van der Waals surface area contributed by atoms with Crippen molar-refractivity contribution < 1.29 is 9.90 Å². The van der Waals surface area contributed by atoms with Crippen LogP contribution in [0.15, 0.2) is 18.0 Å². The Morgan fingerprint density at radius 2 is 2.42 bits per heavy atom. The third kappa shape index (κ3) is 5.00. The lowest BCUT2D eigenvalue weighted by Crippen LogP contribution is -2.41. The molecule has 2 amide bonds. The summed E-state index contributed by atoms with van der Waals surface area (Å²) in [5.41, 5.74) is 0.865. The fourth-order valence-electron chi connectivity index (χ4n) is 1.50. The number of urea groups is 1. The summed E-state index contributed by atoms with van der Waals surface area (Å²) < 4.78 is 0. The summed E-state index contributed by atoms with van der Waals surface area (Å²) in [5.74, 6) is 0.404. The quantitative estimate of drug-likeness (QED) is 0.752. The third-order valence-electron chi connectivity index (χ3n) is 2.49. The lowest BCUT2D eigenvalue weighted by molar-refractivity contribution is 0.183. The van der Waals surface area contributed by atoms with Crippen LogP contribution < -0.4 is 5.32 Å². The highest BCUT2D eigenvalue weighted by atomic mass is 32.1. The Bertz CT molecular complexity index is 418. The molecule has 1 aromatic rings. The van der Waals surface area contributed by atoms with Gasteiger partial charge in [-0.1, -0.05) is 19.9 Å². The van der Waals surface area contributed by atoms with Gasteiger partial charge in [-0.3, -0.25) is 0 Å². The fourth-order valence-corrected chi connectivity index (χ4v) is 2.33. The van der Waals surface area contributed by atoms with E-state index in [0.29, 0.717) is 25.6 Å². The van der Waals surface area contributed by atoms with E-state index in [2.05, 4.69) is 30.7 Å². The van der Waals surface area contributed by atoms with E-state index in [1.54, 1.807) is 17.4 Å². The van der Waals surface area contributed by atoms with Crippen molar-refractivity contribution in [2.24, 2.45) is 0 Å². The predicted octanol–water partition coefficient (Wildman–Crippen LogP) is 1.96. The van der Waals surface area contributed by atoms with Gasteiger partial charge in [-0.15, -0.1) is 17.9 Å². The van der Waals surface area contributed by atoms with Gasteiger partial charge < -0.3 is 15.3 Å². The number of thiazole rings is 1. The van der Waals surface area contributed by atoms with Gasteiger partial charge in [-0.05, 0) is 0 Å². The lowest BCUT2D eigenvalue weighted by Gasteiger charge is -2.20. The van der Waals surface area contributed by atoms with Gasteiger partial charge >= 0.3 is 6.03 Å².